The summed E-state index contributed by atoms with van der Waals surface area (Å²) in [6.07, 6.45) is 0. The normalized spacial score (nSPS) is 11.3. The number of ether oxygens (including phenoxy) is 1. The summed E-state index contributed by atoms with van der Waals surface area (Å²) in [5.41, 5.74) is 0.958. The molecule has 0 amide bonds. The number of nitrogens with one attached hydrogen (secondary N) is 1. The van der Waals surface area contributed by atoms with E-state index in [0.29, 0.717) is 17.7 Å². The number of benzene rings is 1. The van der Waals surface area contributed by atoms with E-state index in [1.807, 2.05) is 0 Å². The van der Waals surface area contributed by atoms with Crippen LogP contribution >= 0.6 is 0 Å². The average molecular weight is 271 g/mol. The predicted molar refractivity (Wildman–Crippen MR) is 68.0 cm³/mol. The number of aryl methyl sites for hydroxylation is 1. The van der Waals surface area contributed by atoms with Gasteiger partial charge in [0.1, 0.15) is 0 Å². The molecule has 1 rings (SSSR count). The molecule has 18 heavy (non-hydrogen) atoms. The third-order valence-corrected chi connectivity index (χ3v) is 3.88. The van der Waals surface area contributed by atoms with Gasteiger partial charge in [-0.05, 0) is 37.6 Å². The summed E-state index contributed by atoms with van der Waals surface area (Å²) >= 11 is 0. The van der Waals surface area contributed by atoms with Crippen LogP contribution in [0.25, 0.3) is 0 Å². The van der Waals surface area contributed by atoms with E-state index in [0.717, 1.165) is 0 Å². The van der Waals surface area contributed by atoms with Crippen LogP contribution in [0.4, 0.5) is 0 Å². The zero-order valence-corrected chi connectivity index (χ0v) is 11.5. The average Bonchev–Trinajstić information content (AvgIpc) is 2.29. The second-order valence-corrected chi connectivity index (χ2v) is 5.47. The zero-order chi connectivity index (χ0) is 13.8. The van der Waals surface area contributed by atoms with Crippen LogP contribution in [0.3, 0.4) is 0 Å². The van der Waals surface area contributed by atoms with Gasteiger partial charge in [-0.3, -0.25) is 0 Å². The maximum Gasteiger partial charge on any atom is 0.338 e. The first-order valence-corrected chi connectivity index (χ1v) is 7.18. The molecular formula is C12H17NO4S. The van der Waals surface area contributed by atoms with E-state index in [-0.39, 0.29) is 11.5 Å². The van der Waals surface area contributed by atoms with Gasteiger partial charge in [0.25, 0.3) is 0 Å². The first kappa shape index (κ1) is 14.7. The van der Waals surface area contributed by atoms with Gasteiger partial charge >= 0.3 is 5.97 Å². The van der Waals surface area contributed by atoms with Crippen molar-refractivity contribution in [1.29, 1.82) is 0 Å². The molecule has 0 unspecified atom stereocenters. The topological polar surface area (TPSA) is 72.5 Å². The Morgan fingerprint density at radius 3 is 2.50 bits per heavy atom. The number of carbonyl (C=O) groups excluding carboxylic acids is 1. The fraction of sp³-hybridized carbons (Fsp3) is 0.417. The summed E-state index contributed by atoms with van der Waals surface area (Å²) < 4.78 is 30.8. The second kappa shape index (κ2) is 5.97. The van der Waals surface area contributed by atoms with Gasteiger partial charge in [0.2, 0.25) is 10.0 Å². The highest BCUT2D eigenvalue weighted by Gasteiger charge is 2.16. The van der Waals surface area contributed by atoms with E-state index < -0.39 is 16.0 Å². The molecule has 0 aromatic heterocycles. The van der Waals surface area contributed by atoms with Crippen molar-refractivity contribution in [2.24, 2.45) is 0 Å². The van der Waals surface area contributed by atoms with Crippen molar-refractivity contribution in [3.8, 4) is 0 Å². The number of hydrogen-bond acceptors (Lipinski definition) is 4. The SMILES string of the molecule is CCNS(=O)(=O)c1ccc(C(=O)OCC)c(C)c1. The highest BCUT2D eigenvalue weighted by atomic mass is 32.2. The summed E-state index contributed by atoms with van der Waals surface area (Å²) in [6.45, 7) is 5.71. The van der Waals surface area contributed by atoms with Crippen molar-refractivity contribution in [2.45, 2.75) is 25.7 Å². The minimum atomic E-state index is -3.49. The van der Waals surface area contributed by atoms with Crippen molar-refractivity contribution < 1.29 is 17.9 Å². The van der Waals surface area contributed by atoms with Gasteiger partial charge < -0.3 is 4.74 Å². The lowest BCUT2D eigenvalue weighted by atomic mass is 10.1. The first-order chi connectivity index (χ1) is 8.42. The maximum absolute atomic E-state index is 11.8. The number of esters is 1. The molecule has 1 aromatic rings. The molecule has 0 heterocycles. The van der Waals surface area contributed by atoms with Crippen molar-refractivity contribution in [1.82, 2.24) is 4.72 Å². The number of carbonyl (C=O) groups is 1. The van der Waals surface area contributed by atoms with Gasteiger partial charge in [0, 0.05) is 6.54 Å². The van der Waals surface area contributed by atoms with Crippen LogP contribution < -0.4 is 4.72 Å². The van der Waals surface area contributed by atoms with E-state index in [9.17, 15) is 13.2 Å². The molecule has 6 heteroatoms. The highest BCUT2D eigenvalue weighted by Crippen LogP contribution is 2.16. The molecule has 0 fully saturated rings. The van der Waals surface area contributed by atoms with Gasteiger partial charge in [-0.1, -0.05) is 6.92 Å². The molecule has 0 aliphatic carbocycles. The quantitative estimate of drug-likeness (QED) is 0.823. The molecule has 100 valence electrons. The summed E-state index contributed by atoms with van der Waals surface area (Å²) in [5, 5.41) is 0. The zero-order valence-electron chi connectivity index (χ0n) is 10.7. The van der Waals surface area contributed by atoms with E-state index in [1.54, 1.807) is 20.8 Å². The lowest BCUT2D eigenvalue weighted by Gasteiger charge is -2.08. The van der Waals surface area contributed by atoms with Crippen LogP contribution in [0, 0.1) is 6.92 Å². The predicted octanol–water partition coefficient (Wildman–Crippen LogP) is 1.47. The Labute approximate surface area is 107 Å². The maximum atomic E-state index is 11.8. The van der Waals surface area contributed by atoms with E-state index in [4.69, 9.17) is 4.74 Å². The fourth-order valence-electron chi connectivity index (χ4n) is 1.51. The molecule has 0 saturated carbocycles. The molecule has 0 radical (unpaired) electrons. The largest absolute Gasteiger partial charge is 0.462 e. The second-order valence-electron chi connectivity index (χ2n) is 3.70. The Morgan fingerprint density at radius 2 is 2.00 bits per heavy atom. The third-order valence-electron chi connectivity index (χ3n) is 2.34. The van der Waals surface area contributed by atoms with Gasteiger partial charge in [-0.2, -0.15) is 0 Å². The molecule has 1 N–H and O–H groups in total. The van der Waals surface area contributed by atoms with Crippen molar-refractivity contribution in [3.05, 3.63) is 29.3 Å². The molecule has 1 aromatic carbocycles. The summed E-state index contributed by atoms with van der Waals surface area (Å²) in [4.78, 5) is 11.7. The Kier molecular flexibility index (Phi) is 4.86. The van der Waals surface area contributed by atoms with Crippen LogP contribution in [0.5, 0.6) is 0 Å². The van der Waals surface area contributed by atoms with E-state index >= 15 is 0 Å². The Hall–Kier alpha value is -1.40. The van der Waals surface area contributed by atoms with Crippen molar-refractivity contribution in [3.63, 3.8) is 0 Å². The van der Waals surface area contributed by atoms with Crippen LogP contribution in [-0.4, -0.2) is 27.5 Å². The van der Waals surface area contributed by atoms with E-state index in [2.05, 4.69) is 4.72 Å². The molecule has 0 bridgehead atoms. The number of sulfonamides is 1. The molecular weight excluding hydrogens is 254 g/mol. The van der Waals surface area contributed by atoms with Crippen LogP contribution in [-0.2, 0) is 14.8 Å². The monoisotopic (exact) mass is 271 g/mol. The Bertz CT molecular complexity index is 537. The van der Waals surface area contributed by atoms with Gasteiger partial charge in [-0.15, -0.1) is 0 Å². The molecule has 0 spiro atoms. The lowest BCUT2D eigenvalue weighted by Crippen LogP contribution is -2.23. The van der Waals surface area contributed by atoms with Gasteiger partial charge in [0.05, 0.1) is 17.1 Å². The first-order valence-electron chi connectivity index (χ1n) is 5.69. The fourth-order valence-corrected chi connectivity index (χ4v) is 2.64. The smallest absolute Gasteiger partial charge is 0.338 e. The molecule has 0 aliphatic rings. The summed E-state index contributed by atoms with van der Waals surface area (Å²) in [6, 6.07) is 4.33. The van der Waals surface area contributed by atoms with Crippen molar-refractivity contribution >= 4 is 16.0 Å². The lowest BCUT2D eigenvalue weighted by molar-refractivity contribution is 0.0525. The number of rotatable bonds is 5. The summed E-state index contributed by atoms with van der Waals surface area (Å²) in [7, 11) is -3.49. The Balaban J connectivity index is 3.10. The minimum Gasteiger partial charge on any atom is -0.462 e. The molecule has 5 nitrogen and oxygen atoms in total. The molecule has 0 atom stereocenters. The van der Waals surface area contributed by atoms with Gasteiger partial charge in [0.15, 0.2) is 0 Å². The highest BCUT2D eigenvalue weighted by molar-refractivity contribution is 7.89. The van der Waals surface area contributed by atoms with E-state index in [1.165, 1.54) is 18.2 Å². The standard InChI is InChI=1S/C12H17NO4S/c1-4-13-18(15,16)10-6-7-11(9(3)8-10)12(14)17-5-2/h6-8,13H,4-5H2,1-3H3. The third kappa shape index (κ3) is 3.30. The Morgan fingerprint density at radius 1 is 1.33 bits per heavy atom. The minimum absolute atomic E-state index is 0.148. The molecule has 0 aliphatic heterocycles. The van der Waals surface area contributed by atoms with Gasteiger partial charge in [-0.25, -0.2) is 17.9 Å². The van der Waals surface area contributed by atoms with Crippen molar-refractivity contribution in [2.75, 3.05) is 13.2 Å². The van der Waals surface area contributed by atoms with Crippen LogP contribution in [0.2, 0.25) is 0 Å². The van der Waals surface area contributed by atoms with Crippen LogP contribution in [0.15, 0.2) is 23.1 Å². The van der Waals surface area contributed by atoms with Crippen LogP contribution in [0.1, 0.15) is 29.8 Å². The molecule has 0 saturated heterocycles. The summed E-state index contributed by atoms with van der Waals surface area (Å²) in [5.74, 6) is -0.442. The number of hydrogen-bond donors (Lipinski definition) is 1.